The van der Waals surface area contributed by atoms with Gasteiger partial charge in [-0.05, 0) is 57.9 Å². The molecular weight excluding hydrogens is 308 g/mol. The van der Waals surface area contributed by atoms with Crippen molar-refractivity contribution in [3.8, 4) is 5.75 Å². The van der Waals surface area contributed by atoms with E-state index >= 15 is 0 Å². The van der Waals surface area contributed by atoms with E-state index in [0.717, 1.165) is 24.9 Å². The molecule has 1 fully saturated rings. The highest BCUT2D eigenvalue weighted by Gasteiger charge is 2.30. The summed E-state index contributed by atoms with van der Waals surface area (Å²) in [5.74, 6) is -0.476. The van der Waals surface area contributed by atoms with E-state index < -0.39 is 17.6 Å². The first-order valence-corrected chi connectivity index (χ1v) is 8.29. The largest absolute Gasteiger partial charge is 0.508 e. The van der Waals surface area contributed by atoms with Gasteiger partial charge in [0.1, 0.15) is 17.4 Å². The predicted octanol–water partition coefficient (Wildman–Crippen LogP) is 1.51. The van der Waals surface area contributed by atoms with E-state index in [4.69, 9.17) is 4.74 Å². The summed E-state index contributed by atoms with van der Waals surface area (Å²) in [6.45, 7) is 6.20. The Labute approximate surface area is 142 Å². The van der Waals surface area contributed by atoms with Crippen LogP contribution >= 0.6 is 0 Å². The minimum Gasteiger partial charge on any atom is -0.508 e. The van der Waals surface area contributed by atoms with Gasteiger partial charge in [-0.2, -0.15) is 0 Å². The molecule has 1 aromatic carbocycles. The van der Waals surface area contributed by atoms with Crippen LogP contribution in [-0.4, -0.2) is 41.2 Å². The molecule has 0 aliphatic carbocycles. The molecule has 1 aliphatic rings. The molecule has 0 saturated carbocycles. The van der Waals surface area contributed by atoms with Crippen LogP contribution in [0.25, 0.3) is 0 Å². The van der Waals surface area contributed by atoms with Crippen LogP contribution in [0.5, 0.6) is 5.75 Å². The van der Waals surface area contributed by atoms with Crippen molar-refractivity contribution in [2.75, 3.05) is 6.54 Å². The lowest BCUT2D eigenvalue weighted by atomic mass is 10.0. The summed E-state index contributed by atoms with van der Waals surface area (Å²) in [5, 5.41) is 15.3. The van der Waals surface area contributed by atoms with E-state index in [1.807, 2.05) is 0 Å². The third kappa shape index (κ3) is 5.53. The SMILES string of the molecule is CC(C)(C)OC(=O)C(Cc1ccc(O)cc1)NC(=O)[C@@H]1CCCN1. The number of aromatic hydroxyl groups is 1. The molecule has 132 valence electrons. The summed E-state index contributed by atoms with van der Waals surface area (Å²) in [6.07, 6.45) is 2.03. The lowest BCUT2D eigenvalue weighted by Crippen LogP contribution is -2.50. The molecule has 1 saturated heterocycles. The Morgan fingerprint density at radius 2 is 2.00 bits per heavy atom. The van der Waals surface area contributed by atoms with Crippen LogP contribution in [0, 0.1) is 0 Å². The Morgan fingerprint density at radius 3 is 2.54 bits per heavy atom. The minimum absolute atomic E-state index is 0.159. The topological polar surface area (TPSA) is 87.7 Å². The summed E-state index contributed by atoms with van der Waals surface area (Å²) in [5.41, 5.74) is 0.212. The number of phenolic OH excluding ortho intramolecular Hbond substituents is 1. The summed E-state index contributed by atoms with van der Waals surface area (Å²) in [7, 11) is 0. The molecule has 2 atom stereocenters. The van der Waals surface area contributed by atoms with Crippen LogP contribution in [0.2, 0.25) is 0 Å². The number of benzene rings is 1. The van der Waals surface area contributed by atoms with Crippen LogP contribution in [0.1, 0.15) is 39.2 Å². The van der Waals surface area contributed by atoms with Crippen LogP contribution in [0.15, 0.2) is 24.3 Å². The van der Waals surface area contributed by atoms with Crippen molar-refractivity contribution in [1.82, 2.24) is 10.6 Å². The van der Waals surface area contributed by atoms with Gasteiger partial charge in [0.2, 0.25) is 5.91 Å². The highest BCUT2D eigenvalue weighted by molar-refractivity contribution is 5.88. The third-order valence-electron chi connectivity index (χ3n) is 3.76. The number of amides is 1. The molecule has 3 N–H and O–H groups in total. The Kier molecular flexibility index (Phi) is 5.83. The summed E-state index contributed by atoms with van der Waals surface area (Å²) in [4.78, 5) is 24.8. The van der Waals surface area contributed by atoms with Crippen molar-refractivity contribution < 1.29 is 19.4 Å². The molecule has 0 aromatic heterocycles. The van der Waals surface area contributed by atoms with Gasteiger partial charge in [-0.15, -0.1) is 0 Å². The first kappa shape index (κ1) is 18.3. The van der Waals surface area contributed by atoms with Gasteiger partial charge in [-0.25, -0.2) is 4.79 Å². The van der Waals surface area contributed by atoms with Gasteiger partial charge in [-0.1, -0.05) is 12.1 Å². The second-order valence-electron chi connectivity index (χ2n) is 7.11. The molecule has 1 amide bonds. The fraction of sp³-hybridized carbons (Fsp3) is 0.556. The zero-order valence-corrected chi connectivity index (χ0v) is 14.5. The van der Waals surface area contributed by atoms with E-state index in [1.165, 1.54) is 0 Å². The first-order chi connectivity index (χ1) is 11.2. The average Bonchev–Trinajstić information content (AvgIpc) is 3.01. The van der Waals surface area contributed by atoms with Crippen LogP contribution < -0.4 is 10.6 Å². The quantitative estimate of drug-likeness (QED) is 0.711. The summed E-state index contributed by atoms with van der Waals surface area (Å²) in [6, 6.07) is 5.56. The number of carbonyl (C=O) groups excluding carboxylic acids is 2. The smallest absolute Gasteiger partial charge is 0.329 e. The molecule has 1 aromatic rings. The van der Waals surface area contributed by atoms with Gasteiger partial charge >= 0.3 is 5.97 Å². The van der Waals surface area contributed by atoms with E-state index in [0.29, 0.717) is 6.42 Å². The monoisotopic (exact) mass is 334 g/mol. The van der Waals surface area contributed by atoms with E-state index in [-0.39, 0.29) is 17.7 Å². The number of rotatable bonds is 5. The predicted molar refractivity (Wildman–Crippen MR) is 90.6 cm³/mol. The Hall–Kier alpha value is -2.08. The van der Waals surface area contributed by atoms with Crippen LogP contribution in [0.4, 0.5) is 0 Å². The van der Waals surface area contributed by atoms with Gasteiger partial charge in [0.25, 0.3) is 0 Å². The molecule has 0 spiro atoms. The van der Waals surface area contributed by atoms with Gasteiger partial charge in [0, 0.05) is 6.42 Å². The maximum Gasteiger partial charge on any atom is 0.329 e. The summed E-state index contributed by atoms with van der Waals surface area (Å²) < 4.78 is 5.44. The Bertz CT molecular complexity index is 572. The molecule has 0 bridgehead atoms. The lowest BCUT2D eigenvalue weighted by molar-refractivity contribution is -0.158. The number of carbonyl (C=O) groups is 2. The fourth-order valence-corrected chi connectivity index (χ4v) is 2.61. The van der Waals surface area contributed by atoms with Crippen molar-refractivity contribution in [1.29, 1.82) is 0 Å². The normalized spacial score (nSPS) is 18.9. The van der Waals surface area contributed by atoms with Crippen molar-refractivity contribution >= 4 is 11.9 Å². The van der Waals surface area contributed by atoms with Gasteiger partial charge in [-0.3, -0.25) is 4.79 Å². The van der Waals surface area contributed by atoms with E-state index in [2.05, 4.69) is 10.6 Å². The second-order valence-corrected chi connectivity index (χ2v) is 7.11. The molecular formula is C18H26N2O4. The zero-order valence-electron chi connectivity index (χ0n) is 14.5. The lowest BCUT2D eigenvalue weighted by Gasteiger charge is -2.25. The van der Waals surface area contributed by atoms with Crippen molar-refractivity contribution in [3.63, 3.8) is 0 Å². The highest BCUT2D eigenvalue weighted by Crippen LogP contribution is 2.15. The second kappa shape index (κ2) is 7.66. The van der Waals surface area contributed by atoms with Gasteiger partial charge in [0.05, 0.1) is 6.04 Å². The number of hydrogen-bond donors (Lipinski definition) is 3. The third-order valence-corrected chi connectivity index (χ3v) is 3.76. The van der Waals surface area contributed by atoms with Crippen LogP contribution in [0.3, 0.4) is 0 Å². The Balaban J connectivity index is 2.08. The number of ether oxygens (including phenoxy) is 1. The summed E-state index contributed by atoms with van der Waals surface area (Å²) >= 11 is 0. The molecule has 1 unspecified atom stereocenters. The maximum atomic E-state index is 12.5. The van der Waals surface area contributed by atoms with Gasteiger partial charge < -0.3 is 20.5 Å². The molecule has 6 nitrogen and oxygen atoms in total. The van der Waals surface area contributed by atoms with E-state index in [9.17, 15) is 14.7 Å². The van der Waals surface area contributed by atoms with Gasteiger partial charge in [0.15, 0.2) is 0 Å². The molecule has 0 radical (unpaired) electrons. The zero-order chi connectivity index (χ0) is 17.7. The van der Waals surface area contributed by atoms with Crippen LogP contribution in [-0.2, 0) is 20.7 Å². The highest BCUT2D eigenvalue weighted by atomic mass is 16.6. The van der Waals surface area contributed by atoms with Crippen molar-refractivity contribution in [2.45, 2.75) is 57.7 Å². The molecule has 1 aliphatic heterocycles. The van der Waals surface area contributed by atoms with Crippen molar-refractivity contribution in [3.05, 3.63) is 29.8 Å². The molecule has 2 rings (SSSR count). The molecule has 24 heavy (non-hydrogen) atoms. The van der Waals surface area contributed by atoms with E-state index in [1.54, 1.807) is 45.0 Å². The average molecular weight is 334 g/mol. The Morgan fingerprint density at radius 1 is 1.33 bits per heavy atom. The fourth-order valence-electron chi connectivity index (χ4n) is 2.61. The number of esters is 1. The molecule has 1 heterocycles. The number of nitrogens with one attached hydrogen (secondary N) is 2. The maximum absolute atomic E-state index is 12.5. The van der Waals surface area contributed by atoms with Crippen molar-refractivity contribution in [2.24, 2.45) is 0 Å². The number of hydrogen-bond acceptors (Lipinski definition) is 5. The number of phenols is 1. The first-order valence-electron chi connectivity index (χ1n) is 8.29. The standard InChI is InChI=1S/C18H26N2O4/c1-18(2,3)24-17(23)15(11-12-6-8-13(21)9-7-12)20-16(22)14-5-4-10-19-14/h6-9,14-15,19,21H,4-5,10-11H2,1-3H3,(H,20,22)/t14-,15?/m0/s1. The minimum atomic E-state index is -0.760. The molecule has 6 heteroatoms.